The second-order valence-electron chi connectivity index (χ2n) is 3.33. The molecule has 0 aliphatic heterocycles. The Morgan fingerprint density at radius 3 is 2.59 bits per heavy atom. The predicted octanol–water partition coefficient (Wildman–Crippen LogP) is 0.878. The van der Waals surface area contributed by atoms with Gasteiger partial charge in [-0.05, 0) is 12.1 Å². The zero-order chi connectivity index (χ0) is 12.4. The van der Waals surface area contributed by atoms with Gasteiger partial charge in [-0.2, -0.15) is 0 Å². The number of rotatable bonds is 2. The Balaban J connectivity index is 2.61. The summed E-state index contributed by atoms with van der Waals surface area (Å²) in [7, 11) is 1.42. The van der Waals surface area contributed by atoms with Gasteiger partial charge in [-0.25, -0.2) is 9.18 Å². The van der Waals surface area contributed by atoms with Crippen molar-refractivity contribution < 1.29 is 9.13 Å². The number of aromatic amines is 2. The summed E-state index contributed by atoms with van der Waals surface area (Å²) in [5, 5.41) is 0. The first-order valence-electron chi connectivity index (χ1n) is 4.77. The molecule has 0 unspecified atom stereocenters. The van der Waals surface area contributed by atoms with Crippen LogP contribution >= 0.6 is 0 Å². The van der Waals surface area contributed by atoms with Gasteiger partial charge in [-0.3, -0.25) is 9.78 Å². The zero-order valence-electron chi connectivity index (χ0n) is 8.91. The molecule has 6 heteroatoms. The Kier molecular flexibility index (Phi) is 2.78. The van der Waals surface area contributed by atoms with E-state index in [1.54, 1.807) is 0 Å². The summed E-state index contributed by atoms with van der Waals surface area (Å²) in [5.74, 6) is -0.242. The fraction of sp³-hybridized carbons (Fsp3) is 0.0909. The summed E-state index contributed by atoms with van der Waals surface area (Å²) < 4.78 is 18.5. The van der Waals surface area contributed by atoms with Gasteiger partial charge in [-0.1, -0.05) is 0 Å². The molecule has 17 heavy (non-hydrogen) atoms. The van der Waals surface area contributed by atoms with Gasteiger partial charge < -0.3 is 9.72 Å². The van der Waals surface area contributed by atoms with Crippen molar-refractivity contribution >= 4 is 0 Å². The molecule has 0 saturated heterocycles. The van der Waals surface area contributed by atoms with Crippen molar-refractivity contribution in [3.8, 4) is 16.9 Å². The van der Waals surface area contributed by atoms with E-state index in [2.05, 4.69) is 4.98 Å². The average molecular weight is 236 g/mol. The molecule has 0 spiro atoms. The van der Waals surface area contributed by atoms with Crippen molar-refractivity contribution in [1.29, 1.82) is 0 Å². The molecule has 0 saturated carbocycles. The van der Waals surface area contributed by atoms with E-state index in [9.17, 15) is 14.0 Å². The van der Waals surface area contributed by atoms with Gasteiger partial charge in [0.2, 0.25) is 0 Å². The summed E-state index contributed by atoms with van der Waals surface area (Å²) in [4.78, 5) is 26.6. The Bertz CT molecular complexity index is 660. The summed E-state index contributed by atoms with van der Waals surface area (Å²) >= 11 is 0. The van der Waals surface area contributed by atoms with Gasteiger partial charge in [0.15, 0.2) is 0 Å². The van der Waals surface area contributed by atoms with Crippen LogP contribution in [0.1, 0.15) is 0 Å². The summed E-state index contributed by atoms with van der Waals surface area (Å²) in [5.41, 5.74) is -1.11. The van der Waals surface area contributed by atoms with Gasteiger partial charge in [0.1, 0.15) is 11.6 Å². The van der Waals surface area contributed by atoms with Crippen molar-refractivity contribution in [2.24, 2.45) is 0 Å². The number of nitrogens with one attached hydrogen (secondary N) is 2. The summed E-state index contributed by atoms with van der Waals surface area (Å²) in [6.07, 6.45) is 1.17. The third kappa shape index (κ3) is 2.10. The van der Waals surface area contributed by atoms with Gasteiger partial charge in [0.25, 0.3) is 5.56 Å². The van der Waals surface area contributed by atoms with Crippen LogP contribution in [0.4, 0.5) is 4.39 Å². The van der Waals surface area contributed by atoms with E-state index >= 15 is 0 Å². The molecule has 1 heterocycles. The molecule has 0 bridgehead atoms. The van der Waals surface area contributed by atoms with E-state index < -0.39 is 17.1 Å². The first kappa shape index (κ1) is 11.1. The minimum absolute atomic E-state index is 0.0600. The minimum Gasteiger partial charge on any atom is -0.497 e. The van der Waals surface area contributed by atoms with Crippen LogP contribution in [-0.4, -0.2) is 17.1 Å². The van der Waals surface area contributed by atoms with E-state index in [-0.39, 0.29) is 11.1 Å². The Labute approximate surface area is 94.9 Å². The quantitative estimate of drug-likeness (QED) is 0.812. The largest absolute Gasteiger partial charge is 0.497 e. The fourth-order valence-electron chi connectivity index (χ4n) is 1.45. The van der Waals surface area contributed by atoms with Crippen molar-refractivity contribution in [3.05, 3.63) is 51.1 Å². The first-order valence-corrected chi connectivity index (χ1v) is 4.77. The van der Waals surface area contributed by atoms with Crippen LogP contribution in [0.25, 0.3) is 11.1 Å². The van der Waals surface area contributed by atoms with Crippen LogP contribution in [0.5, 0.6) is 5.75 Å². The highest BCUT2D eigenvalue weighted by Crippen LogP contribution is 2.22. The van der Waals surface area contributed by atoms with Gasteiger partial charge in [-0.15, -0.1) is 0 Å². The van der Waals surface area contributed by atoms with Crippen LogP contribution in [0.3, 0.4) is 0 Å². The van der Waals surface area contributed by atoms with E-state index in [0.717, 1.165) is 0 Å². The van der Waals surface area contributed by atoms with Crippen molar-refractivity contribution in [2.75, 3.05) is 7.11 Å². The van der Waals surface area contributed by atoms with E-state index in [1.165, 1.54) is 31.5 Å². The molecule has 2 rings (SSSR count). The molecule has 2 N–H and O–H groups in total. The van der Waals surface area contributed by atoms with Crippen LogP contribution in [-0.2, 0) is 0 Å². The van der Waals surface area contributed by atoms with Crippen molar-refractivity contribution in [3.63, 3.8) is 0 Å². The predicted molar refractivity (Wildman–Crippen MR) is 59.6 cm³/mol. The summed E-state index contributed by atoms with van der Waals surface area (Å²) in [6.45, 7) is 0. The highest BCUT2D eigenvalue weighted by molar-refractivity contribution is 5.62. The lowest BCUT2D eigenvalue weighted by Gasteiger charge is -2.04. The van der Waals surface area contributed by atoms with Gasteiger partial charge in [0, 0.05) is 17.8 Å². The number of hydrogen-bond donors (Lipinski definition) is 2. The van der Waals surface area contributed by atoms with Crippen molar-refractivity contribution in [1.82, 2.24) is 9.97 Å². The van der Waals surface area contributed by atoms with E-state index in [0.29, 0.717) is 5.75 Å². The molecule has 0 fully saturated rings. The average Bonchev–Trinajstić information content (AvgIpc) is 2.30. The van der Waals surface area contributed by atoms with E-state index in [1.807, 2.05) is 4.98 Å². The zero-order valence-corrected chi connectivity index (χ0v) is 8.91. The lowest BCUT2D eigenvalue weighted by atomic mass is 10.1. The highest BCUT2D eigenvalue weighted by Gasteiger charge is 2.10. The smallest absolute Gasteiger partial charge is 0.325 e. The third-order valence-corrected chi connectivity index (χ3v) is 2.29. The maximum atomic E-state index is 13.7. The number of benzene rings is 1. The SMILES string of the molecule is COc1ccc(-c2c[nH]c(=O)[nH]c2=O)c(F)c1. The molecule has 0 aliphatic rings. The van der Waals surface area contributed by atoms with Crippen molar-refractivity contribution in [2.45, 2.75) is 0 Å². The number of methoxy groups -OCH3 is 1. The summed E-state index contributed by atoms with van der Waals surface area (Å²) in [6, 6.07) is 4.11. The Morgan fingerprint density at radius 1 is 1.24 bits per heavy atom. The fourth-order valence-corrected chi connectivity index (χ4v) is 1.45. The molecule has 0 atom stereocenters. The molecule has 1 aromatic heterocycles. The van der Waals surface area contributed by atoms with Crippen LogP contribution < -0.4 is 16.0 Å². The molecule has 2 aromatic rings. The second-order valence-corrected chi connectivity index (χ2v) is 3.33. The molecular weight excluding hydrogens is 227 g/mol. The number of ether oxygens (including phenoxy) is 1. The molecular formula is C11H9FN2O3. The monoisotopic (exact) mass is 236 g/mol. The molecule has 88 valence electrons. The maximum absolute atomic E-state index is 13.7. The minimum atomic E-state index is -0.641. The standard InChI is InChI=1S/C11H9FN2O3/c1-17-6-2-3-7(9(12)4-6)8-5-13-11(16)14-10(8)15/h2-5H,1H3,(H2,13,14,15,16). The lowest BCUT2D eigenvalue weighted by molar-refractivity contribution is 0.411. The Morgan fingerprint density at radius 2 is 2.00 bits per heavy atom. The number of halogens is 1. The molecule has 5 nitrogen and oxygen atoms in total. The maximum Gasteiger partial charge on any atom is 0.325 e. The topological polar surface area (TPSA) is 75.0 Å². The van der Waals surface area contributed by atoms with Crippen LogP contribution in [0, 0.1) is 5.82 Å². The molecule has 0 aliphatic carbocycles. The molecule has 1 aromatic carbocycles. The van der Waals surface area contributed by atoms with Crippen LogP contribution in [0.2, 0.25) is 0 Å². The molecule has 0 radical (unpaired) electrons. The third-order valence-electron chi connectivity index (χ3n) is 2.29. The number of H-pyrrole nitrogens is 2. The van der Waals surface area contributed by atoms with Crippen LogP contribution in [0.15, 0.2) is 34.0 Å². The highest BCUT2D eigenvalue weighted by atomic mass is 19.1. The Hall–Kier alpha value is -2.37. The normalized spacial score (nSPS) is 10.2. The number of hydrogen-bond acceptors (Lipinski definition) is 3. The number of aromatic nitrogens is 2. The van der Waals surface area contributed by atoms with E-state index in [4.69, 9.17) is 4.74 Å². The van der Waals surface area contributed by atoms with Gasteiger partial charge >= 0.3 is 5.69 Å². The first-order chi connectivity index (χ1) is 8.11. The second kappa shape index (κ2) is 4.25. The molecule has 0 amide bonds. The van der Waals surface area contributed by atoms with Gasteiger partial charge in [0.05, 0.1) is 12.7 Å². The lowest BCUT2D eigenvalue weighted by Crippen LogP contribution is -2.22.